The van der Waals surface area contributed by atoms with E-state index in [-0.39, 0.29) is 22.5 Å². The van der Waals surface area contributed by atoms with Crippen molar-refractivity contribution in [2.75, 3.05) is 13.7 Å². The minimum Gasteiger partial charge on any atom is -0.493 e. The molecule has 1 heterocycles. The SMILES string of the molecule is COc1cccc(/C=C2\NC(=S)NC2=O)c1OCC(=O)O. The highest BCUT2D eigenvalue weighted by Crippen LogP contribution is 2.32. The molecule has 8 heteroatoms. The molecule has 0 saturated carbocycles. The molecular weight excluding hydrogens is 296 g/mol. The highest BCUT2D eigenvalue weighted by Gasteiger charge is 2.21. The van der Waals surface area contributed by atoms with Crippen LogP contribution < -0.4 is 20.1 Å². The maximum atomic E-state index is 11.6. The van der Waals surface area contributed by atoms with Crippen LogP contribution in [0.3, 0.4) is 0 Å². The Labute approximate surface area is 125 Å². The second kappa shape index (κ2) is 6.23. The summed E-state index contributed by atoms with van der Waals surface area (Å²) >= 11 is 4.84. The van der Waals surface area contributed by atoms with Gasteiger partial charge in [-0.15, -0.1) is 0 Å². The Balaban J connectivity index is 2.38. The fraction of sp³-hybridized carbons (Fsp3) is 0.154. The van der Waals surface area contributed by atoms with Gasteiger partial charge in [0.25, 0.3) is 5.91 Å². The number of benzene rings is 1. The number of ether oxygens (including phenoxy) is 2. The maximum absolute atomic E-state index is 11.6. The summed E-state index contributed by atoms with van der Waals surface area (Å²) in [5.74, 6) is -0.877. The molecule has 0 spiro atoms. The average Bonchev–Trinajstić information content (AvgIpc) is 2.75. The van der Waals surface area contributed by atoms with Gasteiger partial charge in [0.15, 0.2) is 23.2 Å². The van der Waals surface area contributed by atoms with Gasteiger partial charge in [-0.1, -0.05) is 12.1 Å². The number of rotatable bonds is 5. The molecule has 0 unspecified atom stereocenters. The molecule has 1 saturated heterocycles. The molecule has 1 aromatic rings. The van der Waals surface area contributed by atoms with E-state index in [1.54, 1.807) is 18.2 Å². The van der Waals surface area contributed by atoms with Crippen LogP contribution in [0, 0.1) is 0 Å². The summed E-state index contributed by atoms with van der Waals surface area (Å²) < 4.78 is 10.4. The van der Waals surface area contributed by atoms with E-state index in [9.17, 15) is 9.59 Å². The lowest BCUT2D eigenvalue weighted by Crippen LogP contribution is -2.21. The van der Waals surface area contributed by atoms with Crippen molar-refractivity contribution in [3.63, 3.8) is 0 Å². The van der Waals surface area contributed by atoms with Crippen molar-refractivity contribution in [2.45, 2.75) is 0 Å². The van der Waals surface area contributed by atoms with Crippen molar-refractivity contribution >= 4 is 35.3 Å². The first-order valence-corrected chi connectivity index (χ1v) is 6.27. The molecule has 0 bridgehead atoms. The Morgan fingerprint density at radius 2 is 2.19 bits per heavy atom. The molecule has 1 amide bonds. The fourth-order valence-corrected chi connectivity index (χ4v) is 1.94. The van der Waals surface area contributed by atoms with Crippen molar-refractivity contribution in [1.29, 1.82) is 0 Å². The molecular formula is C13H12N2O5S. The number of aliphatic carboxylic acids is 1. The monoisotopic (exact) mass is 308 g/mol. The fourth-order valence-electron chi connectivity index (χ4n) is 1.73. The molecule has 3 N–H and O–H groups in total. The van der Waals surface area contributed by atoms with Crippen LogP contribution >= 0.6 is 12.2 Å². The number of hydrogen-bond donors (Lipinski definition) is 3. The molecule has 0 atom stereocenters. The summed E-state index contributed by atoms with van der Waals surface area (Å²) in [6.07, 6.45) is 1.51. The van der Waals surface area contributed by atoms with E-state index in [0.29, 0.717) is 11.3 Å². The number of hydrogen-bond acceptors (Lipinski definition) is 5. The second-order valence-corrected chi connectivity index (χ2v) is 4.44. The number of methoxy groups -OCH3 is 1. The van der Waals surface area contributed by atoms with E-state index in [2.05, 4.69) is 10.6 Å². The number of amides is 1. The Morgan fingerprint density at radius 1 is 1.43 bits per heavy atom. The summed E-state index contributed by atoms with van der Waals surface area (Å²) in [6, 6.07) is 5.00. The van der Waals surface area contributed by atoms with Gasteiger partial charge >= 0.3 is 5.97 Å². The number of carbonyl (C=O) groups excluding carboxylic acids is 1. The van der Waals surface area contributed by atoms with Gasteiger partial charge in [-0.2, -0.15) is 0 Å². The zero-order valence-electron chi connectivity index (χ0n) is 11.0. The van der Waals surface area contributed by atoms with Gasteiger partial charge in [-0.3, -0.25) is 10.1 Å². The first-order valence-electron chi connectivity index (χ1n) is 5.87. The lowest BCUT2D eigenvalue weighted by Gasteiger charge is -2.12. The van der Waals surface area contributed by atoms with Crippen LogP contribution in [0.2, 0.25) is 0 Å². The van der Waals surface area contributed by atoms with Crippen LogP contribution in [0.15, 0.2) is 23.9 Å². The third-order valence-electron chi connectivity index (χ3n) is 2.59. The van der Waals surface area contributed by atoms with Gasteiger partial charge < -0.3 is 19.9 Å². The summed E-state index contributed by atoms with van der Waals surface area (Å²) in [5.41, 5.74) is 0.742. The average molecular weight is 308 g/mol. The van der Waals surface area contributed by atoms with E-state index < -0.39 is 12.6 Å². The minimum absolute atomic E-state index is 0.210. The summed E-state index contributed by atoms with van der Waals surface area (Å²) in [6.45, 7) is -0.519. The standard InChI is InChI=1S/C13H12N2O5S/c1-19-9-4-2-3-7(11(9)20-6-10(16)17)5-8-12(18)15-13(21)14-8/h2-5H,6H2,1H3,(H,16,17)(H2,14,15,18,21)/b8-5-. The molecule has 7 nitrogen and oxygen atoms in total. The molecule has 0 radical (unpaired) electrons. The van der Waals surface area contributed by atoms with E-state index in [1.165, 1.54) is 13.2 Å². The van der Waals surface area contributed by atoms with Crippen LogP contribution in [-0.4, -0.2) is 35.8 Å². The Kier molecular flexibility index (Phi) is 4.39. The smallest absolute Gasteiger partial charge is 0.341 e. The summed E-state index contributed by atoms with van der Waals surface area (Å²) in [7, 11) is 1.44. The summed E-state index contributed by atoms with van der Waals surface area (Å²) in [5, 5.41) is 14.1. The van der Waals surface area contributed by atoms with Crippen LogP contribution in [0.4, 0.5) is 0 Å². The highest BCUT2D eigenvalue weighted by molar-refractivity contribution is 7.80. The predicted octanol–water partition coefficient (Wildman–Crippen LogP) is 0.504. The lowest BCUT2D eigenvalue weighted by molar-refractivity contribution is -0.139. The van der Waals surface area contributed by atoms with Crippen LogP contribution in [-0.2, 0) is 9.59 Å². The van der Waals surface area contributed by atoms with Gasteiger partial charge in [0, 0.05) is 5.56 Å². The largest absolute Gasteiger partial charge is 0.493 e. The van der Waals surface area contributed by atoms with Gasteiger partial charge in [0.05, 0.1) is 7.11 Å². The van der Waals surface area contributed by atoms with Gasteiger partial charge in [0.1, 0.15) is 5.70 Å². The molecule has 21 heavy (non-hydrogen) atoms. The van der Waals surface area contributed by atoms with Gasteiger partial charge in [-0.05, 0) is 24.4 Å². The first kappa shape index (κ1) is 14.8. The Hall–Kier alpha value is -2.61. The predicted molar refractivity (Wildman–Crippen MR) is 78.0 cm³/mol. The first-order chi connectivity index (χ1) is 10.0. The van der Waals surface area contributed by atoms with Crippen molar-refractivity contribution in [1.82, 2.24) is 10.6 Å². The van der Waals surface area contributed by atoms with Crippen molar-refractivity contribution in [3.05, 3.63) is 29.5 Å². The van der Waals surface area contributed by atoms with E-state index in [1.807, 2.05) is 0 Å². The zero-order chi connectivity index (χ0) is 15.4. The van der Waals surface area contributed by atoms with Crippen molar-refractivity contribution < 1.29 is 24.2 Å². The molecule has 0 aliphatic carbocycles. The molecule has 1 fully saturated rings. The number of carboxylic acids is 1. The second-order valence-electron chi connectivity index (χ2n) is 4.03. The lowest BCUT2D eigenvalue weighted by atomic mass is 10.1. The topological polar surface area (TPSA) is 96.9 Å². The van der Waals surface area contributed by atoms with Crippen molar-refractivity contribution in [2.24, 2.45) is 0 Å². The number of carbonyl (C=O) groups is 2. The van der Waals surface area contributed by atoms with Gasteiger partial charge in [0.2, 0.25) is 0 Å². The Bertz CT molecular complexity index is 641. The molecule has 110 valence electrons. The number of thiocarbonyl (C=S) groups is 1. The number of carboxylic acid groups (broad SMARTS) is 1. The third kappa shape index (κ3) is 3.48. The third-order valence-corrected chi connectivity index (χ3v) is 2.79. The number of nitrogens with one attached hydrogen (secondary N) is 2. The quantitative estimate of drug-likeness (QED) is 0.538. The zero-order valence-corrected chi connectivity index (χ0v) is 11.8. The number of para-hydroxylation sites is 1. The molecule has 1 aromatic carbocycles. The van der Waals surface area contributed by atoms with Crippen LogP contribution in [0.1, 0.15) is 5.56 Å². The normalized spacial score (nSPS) is 15.6. The van der Waals surface area contributed by atoms with Crippen LogP contribution in [0.25, 0.3) is 6.08 Å². The Morgan fingerprint density at radius 3 is 2.76 bits per heavy atom. The molecule has 1 aliphatic rings. The molecule has 2 rings (SSSR count). The maximum Gasteiger partial charge on any atom is 0.341 e. The highest BCUT2D eigenvalue weighted by atomic mass is 32.1. The summed E-state index contributed by atoms with van der Waals surface area (Å²) in [4.78, 5) is 22.3. The van der Waals surface area contributed by atoms with E-state index in [0.717, 1.165) is 0 Å². The molecule has 1 aliphatic heterocycles. The van der Waals surface area contributed by atoms with E-state index in [4.69, 9.17) is 26.8 Å². The van der Waals surface area contributed by atoms with Crippen LogP contribution in [0.5, 0.6) is 11.5 Å². The van der Waals surface area contributed by atoms with Crippen molar-refractivity contribution in [3.8, 4) is 11.5 Å². The minimum atomic E-state index is -1.11. The van der Waals surface area contributed by atoms with E-state index >= 15 is 0 Å². The molecule has 0 aromatic heterocycles. The van der Waals surface area contributed by atoms with Gasteiger partial charge in [-0.25, -0.2) is 4.79 Å².